The molecule has 2 atom stereocenters. The van der Waals surface area contributed by atoms with E-state index in [1.54, 1.807) is 4.90 Å². The summed E-state index contributed by atoms with van der Waals surface area (Å²) in [6.07, 6.45) is -0.0182. The second-order valence-electron chi connectivity index (χ2n) is 5.26. The first-order valence-corrected chi connectivity index (χ1v) is 6.79. The molecule has 0 aliphatic carbocycles. The fourth-order valence-electron chi connectivity index (χ4n) is 2.78. The maximum atomic E-state index is 11.7. The van der Waals surface area contributed by atoms with Crippen LogP contribution in [0.2, 0.25) is 0 Å². The highest BCUT2D eigenvalue weighted by Gasteiger charge is 2.34. The van der Waals surface area contributed by atoms with Crippen molar-refractivity contribution in [1.82, 2.24) is 4.90 Å². The second kappa shape index (κ2) is 5.94. The fraction of sp³-hybridized carbons (Fsp3) is 0.467. The Labute approximate surface area is 118 Å². The lowest BCUT2D eigenvalue weighted by Gasteiger charge is -2.45. The largest absolute Gasteiger partial charge is 0.481 e. The molecule has 0 spiro atoms. The van der Waals surface area contributed by atoms with Crippen molar-refractivity contribution in [3.8, 4) is 0 Å². The van der Waals surface area contributed by atoms with Crippen LogP contribution in [0.25, 0.3) is 0 Å². The molecule has 0 bridgehead atoms. The summed E-state index contributed by atoms with van der Waals surface area (Å²) in [6, 6.07) is 9.80. The number of rotatable bonds is 3. The number of aliphatic carboxylic acids is 1. The van der Waals surface area contributed by atoms with Crippen LogP contribution in [0.15, 0.2) is 30.3 Å². The maximum Gasteiger partial charge on any atom is 0.305 e. The van der Waals surface area contributed by atoms with E-state index in [0.717, 1.165) is 5.69 Å². The molecule has 1 amide bonds. The molecular formula is C15H20N2O3. The Balaban J connectivity index is 2.21. The number of nitrogens with zero attached hydrogens (tertiary/aromatic N) is 2. The molecule has 5 heteroatoms. The van der Waals surface area contributed by atoms with E-state index in [4.69, 9.17) is 5.11 Å². The van der Waals surface area contributed by atoms with Crippen molar-refractivity contribution in [3.63, 3.8) is 0 Å². The minimum absolute atomic E-state index is 0.0182. The van der Waals surface area contributed by atoms with Crippen LogP contribution in [0, 0.1) is 0 Å². The number of benzene rings is 1. The van der Waals surface area contributed by atoms with Gasteiger partial charge in [0, 0.05) is 31.7 Å². The molecule has 1 fully saturated rings. The van der Waals surface area contributed by atoms with Gasteiger partial charge in [-0.3, -0.25) is 9.59 Å². The summed E-state index contributed by atoms with van der Waals surface area (Å²) in [6.45, 7) is 4.67. The molecule has 0 radical (unpaired) electrons. The molecule has 20 heavy (non-hydrogen) atoms. The van der Waals surface area contributed by atoms with E-state index in [0.29, 0.717) is 13.1 Å². The molecule has 108 valence electrons. The van der Waals surface area contributed by atoms with Crippen molar-refractivity contribution < 1.29 is 14.7 Å². The average molecular weight is 276 g/mol. The smallest absolute Gasteiger partial charge is 0.305 e. The Morgan fingerprint density at radius 3 is 2.45 bits per heavy atom. The molecule has 2 rings (SSSR count). The Hall–Kier alpha value is -2.04. The minimum Gasteiger partial charge on any atom is -0.481 e. The lowest BCUT2D eigenvalue weighted by atomic mass is 10.0. The van der Waals surface area contributed by atoms with Crippen molar-refractivity contribution in [2.24, 2.45) is 0 Å². The van der Waals surface area contributed by atoms with Gasteiger partial charge in [-0.2, -0.15) is 0 Å². The van der Waals surface area contributed by atoms with Crippen LogP contribution in [0.3, 0.4) is 0 Å². The van der Waals surface area contributed by atoms with Gasteiger partial charge in [0.2, 0.25) is 5.91 Å². The molecule has 0 aromatic heterocycles. The van der Waals surface area contributed by atoms with Crippen LogP contribution in [0.5, 0.6) is 0 Å². The Morgan fingerprint density at radius 1 is 1.25 bits per heavy atom. The van der Waals surface area contributed by atoms with Gasteiger partial charge >= 0.3 is 5.97 Å². The quantitative estimate of drug-likeness (QED) is 0.910. The highest BCUT2D eigenvalue weighted by atomic mass is 16.4. The summed E-state index contributed by atoms with van der Waals surface area (Å²) in [7, 11) is 0. The first-order valence-electron chi connectivity index (χ1n) is 6.79. The number of carbonyl (C=O) groups excluding carboxylic acids is 1. The zero-order chi connectivity index (χ0) is 14.7. The molecule has 1 aromatic rings. The Bertz CT molecular complexity index is 489. The highest BCUT2D eigenvalue weighted by molar-refractivity contribution is 5.76. The molecule has 1 heterocycles. The summed E-state index contributed by atoms with van der Waals surface area (Å²) >= 11 is 0. The topological polar surface area (TPSA) is 60.9 Å². The zero-order valence-corrected chi connectivity index (χ0v) is 11.8. The van der Waals surface area contributed by atoms with Crippen LogP contribution < -0.4 is 4.90 Å². The van der Waals surface area contributed by atoms with E-state index in [2.05, 4.69) is 11.8 Å². The monoisotopic (exact) mass is 276 g/mol. The first kappa shape index (κ1) is 14.4. The van der Waals surface area contributed by atoms with Gasteiger partial charge < -0.3 is 14.9 Å². The standard InChI is InChI=1S/C15H20N2O3/c1-11-9-17(12(2)18)14(8-15(19)20)10-16(11)13-6-4-3-5-7-13/h3-7,11,14H,8-10H2,1-2H3,(H,19,20)/t11-,14-/m0/s1. The van der Waals surface area contributed by atoms with E-state index in [1.807, 2.05) is 30.3 Å². The summed E-state index contributed by atoms with van der Waals surface area (Å²) in [4.78, 5) is 26.6. The van der Waals surface area contributed by atoms with Gasteiger partial charge in [0.05, 0.1) is 12.5 Å². The minimum atomic E-state index is -0.871. The van der Waals surface area contributed by atoms with E-state index >= 15 is 0 Å². The van der Waals surface area contributed by atoms with Crippen molar-refractivity contribution >= 4 is 17.6 Å². The first-order chi connectivity index (χ1) is 9.49. The molecule has 0 saturated carbocycles. The van der Waals surface area contributed by atoms with Crippen LogP contribution in [-0.4, -0.2) is 47.1 Å². The maximum absolute atomic E-state index is 11.7. The van der Waals surface area contributed by atoms with Crippen LogP contribution in [-0.2, 0) is 9.59 Å². The molecule has 0 unspecified atom stereocenters. The zero-order valence-electron chi connectivity index (χ0n) is 11.8. The summed E-state index contributed by atoms with van der Waals surface area (Å²) in [5, 5.41) is 9.03. The predicted molar refractivity (Wildman–Crippen MR) is 76.7 cm³/mol. The van der Waals surface area contributed by atoms with Gasteiger partial charge in [-0.25, -0.2) is 0 Å². The van der Waals surface area contributed by atoms with Gasteiger partial charge in [-0.05, 0) is 19.1 Å². The molecule has 1 aliphatic rings. The van der Waals surface area contributed by atoms with Crippen molar-refractivity contribution in [1.29, 1.82) is 0 Å². The summed E-state index contributed by atoms with van der Waals surface area (Å²) in [5.74, 6) is -0.931. The van der Waals surface area contributed by atoms with E-state index < -0.39 is 5.97 Å². The number of carboxylic acid groups (broad SMARTS) is 1. The van der Waals surface area contributed by atoms with Gasteiger partial charge in [0.15, 0.2) is 0 Å². The molecular weight excluding hydrogens is 256 g/mol. The van der Waals surface area contributed by atoms with E-state index in [9.17, 15) is 9.59 Å². The summed E-state index contributed by atoms with van der Waals surface area (Å²) in [5.41, 5.74) is 1.07. The highest BCUT2D eigenvalue weighted by Crippen LogP contribution is 2.24. The van der Waals surface area contributed by atoms with Crippen LogP contribution in [0.1, 0.15) is 20.3 Å². The van der Waals surface area contributed by atoms with E-state index in [1.165, 1.54) is 6.92 Å². The lowest BCUT2D eigenvalue weighted by Crippen LogP contribution is -2.59. The Morgan fingerprint density at radius 2 is 1.90 bits per heavy atom. The number of amides is 1. The van der Waals surface area contributed by atoms with Crippen LogP contribution in [0.4, 0.5) is 5.69 Å². The average Bonchev–Trinajstić information content (AvgIpc) is 2.40. The third-order valence-electron chi connectivity index (χ3n) is 3.74. The molecule has 1 saturated heterocycles. The van der Waals surface area contributed by atoms with Crippen molar-refractivity contribution in [2.75, 3.05) is 18.0 Å². The van der Waals surface area contributed by atoms with Gasteiger partial charge in [0.1, 0.15) is 0 Å². The fourth-order valence-corrected chi connectivity index (χ4v) is 2.78. The Kier molecular flexibility index (Phi) is 4.27. The number of carboxylic acids is 1. The number of para-hydroxylation sites is 1. The van der Waals surface area contributed by atoms with Gasteiger partial charge in [-0.15, -0.1) is 0 Å². The van der Waals surface area contributed by atoms with Crippen molar-refractivity contribution in [3.05, 3.63) is 30.3 Å². The molecule has 1 aliphatic heterocycles. The summed E-state index contributed by atoms with van der Waals surface area (Å²) < 4.78 is 0. The predicted octanol–water partition coefficient (Wildman–Crippen LogP) is 1.59. The number of hydrogen-bond donors (Lipinski definition) is 1. The number of anilines is 1. The number of carbonyl (C=O) groups is 2. The second-order valence-corrected chi connectivity index (χ2v) is 5.26. The molecule has 1 aromatic carbocycles. The van der Waals surface area contributed by atoms with Crippen LogP contribution >= 0.6 is 0 Å². The third-order valence-corrected chi connectivity index (χ3v) is 3.74. The van der Waals surface area contributed by atoms with Crippen molar-refractivity contribution in [2.45, 2.75) is 32.4 Å². The number of hydrogen-bond acceptors (Lipinski definition) is 3. The van der Waals surface area contributed by atoms with Gasteiger partial charge in [-0.1, -0.05) is 18.2 Å². The number of piperazine rings is 1. The molecule has 5 nitrogen and oxygen atoms in total. The van der Waals surface area contributed by atoms with Gasteiger partial charge in [0.25, 0.3) is 0 Å². The molecule has 1 N–H and O–H groups in total. The normalized spacial score (nSPS) is 22.7. The third kappa shape index (κ3) is 3.10. The lowest BCUT2D eigenvalue weighted by molar-refractivity contribution is -0.140. The SMILES string of the molecule is CC(=O)N1C[C@H](C)N(c2ccccc2)C[C@@H]1CC(=O)O. The van der Waals surface area contributed by atoms with E-state index in [-0.39, 0.29) is 24.4 Å².